The highest BCUT2D eigenvalue weighted by Crippen LogP contribution is 2.37. The van der Waals surface area contributed by atoms with E-state index in [-0.39, 0.29) is 0 Å². The number of nitrogens with one attached hydrogen (secondary N) is 1. The zero-order chi connectivity index (χ0) is 14.1. The predicted octanol–water partition coefficient (Wildman–Crippen LogP) is 4.36. The van der Waals surface area contributed by atoms with Gasteiger partial charge in [-0.25, -0.2) is 0 Å². The molecule has 2 aliphatic rings. The first-order valence-electron chi connectivity index (χ1n) is 7.66. The van der Waals surface area contributed by atoms with Gasteiger partial charge < -0.3 is 10.1 Å². The Balaban J connectivity index is 1.49. The Kier molecular flexibility index (Phi) is 3.15. The van der Waals surface area contributed by atoms with E-state index in [1.54, 1.807) is 0 Å². The van der Waals surface area contributed by atoms with Crippen LogP contribution in [-0.4, -0.2) is 12.6 Å². The van der Waals surface area contributed by atoms with Gasteiger partial charge in [0.2, 0.25) is 0 Å². The maximum atomic E-state index is 5.60. The van der Waals surface area contributed by atoms with Crippen LogP contribution < -0.4 is 5.32 Å². The molecule has 0 aromatic heterocycles. The maximum Gasteiger partial charge on any atom is 0.115 e. The molecule has 2 nitrogen and oxygen atoms in total. The molecular weight excluding hydrogens is 258 g/mol. The third-order valence-corrected chi connectivity index (χ3v) is 4.35. The van der Waals surface area contributed by atoms with Gasteiger partial charge in [-0.2, -0.15) is 0 Å². The second-order valence-electron chi connectivity index (χ2n) is 5.79. The van der Waals surface area contributed by atoms with E-state index in [1.165, 1.54) is 27.9 Å². The van der Waals surface area contributed by atoms with Gasteiger partial charge in [0.15, 0.2) is 0 Å². The van der Waals surface area contributed by atoms with Crippen LogP contribution in [0.5, 0.6) is 0 Å². The smallest absolute Gasteiger partial charge is 0.115 e. The molecule has 0 radical (unpaired) electrons. The largest absolute Gasteiger partial charge is 0.497 e. The van der Waals surface area contributed by atoms with Gasteiger partial charge in [0.05, 0.1) is 12.8 Å². The Morgan fingerprint density at radius 1 is 1.05 bits per heavy atom. The number of allylic oxidation sites excluding steroid dienone is 1. The molecule has 1 aliphatic heterocycles. The van der Waals surface area contributed by atoms with Crippen molar-refractivity contribution < 1.29 is 4.74 Å². The molecule has 1 aliphatic carbocycles. The molecule has 4 rings (SSSR count). The fourth-order valence-corrected chi connectivity index (χ4v) is 3.22. The SMILES string of the molecule is C1=COC(CNc2ccc3c(c2)Cc2ccccc2-3)CC1. The molecule has 1 N–H and O–H groups in total. The Bertz CT molecular complexity index is 690. The molecule has 0 spiro atoms. The average molecular weight is 277 g/mol. The fraction of sp³-hybridized carbons (Fsp3) is 0.263. The van der Waals surface area contributed by atoms with Gasteiger partial charge in [-0.1, -0.05) is 30.3 Å². The maximum absolute atomic E-state index is 5.60. The number of hydrogen-bond donors (Lipinski definition) is 1. The summed E-state index contributed by atoms with van der Waals surface area (Å²) >= 11 is 0. The Hall–Kier alpha value is -2.22. The van der Waals surface area contributed by atoms with Crippen LogP contribution >= 0.6 is 0 Å². The lowest BCUT2D eigenvalue weighted by Crippen LogP contribution is -2.22. The van der Waals surface area contributed by atoms with Crippen molar-refractivity contribution in [1.29, 1.82) is 0 Å². The molecule has 1 atom stereocenters. The highest BCUT2D eigenvalue weighted by Gasteiger charge is 2.18. The number of benzene rings is 2. The second-order valence-corrected chi connectivity index (χ2v) is 5.79. The first-order chi connectivity index (χ1) is 10.4. The van der Waals surface area contributed by atoms with Crippen LogP contribution in [0, 0.1) is 0 Å². The summed E-state index contributed by atoms with van der Waals surface area (Å²) in [5, 5.41) is 3.51. The van der Waals surface area contributed by atoms with Gasteiger partial charge in [0, 0.05) is 5.69 Å². The summed E-state index contributed by atoms with van der Waals surface area (Å²) in [4.78, 5) is 0. The van der Waals surface area contributed by atoms with Crippen LogP contribution in [-0.2, 0) is 11.2 Å². The van der Waals surface area contributed by atoms with E-state index >= 15 is 0 Å². The van der Waals surface area contributed by atoms with Crippen LogP contribution in [0.15, 0.2) is 54.8 Å². The van der Waals surface area contributed by atoms with Crippen molar-refractivity contribution in [2.24, 2.45) is 0 Å². The van der Waals surface area contributed by atoms with Gasteiger partial charge in [0.1, 0.15) is 6.10 Å². The predicted molar refractivity (Wildman–Crippen MR) is 86.4 cm³/mol. The monoisotopic (exact) mass is 277 g/mol. The number of rotatable bonds is 3. The van der Waals surface area contributed by atoms with E-state index in [4.69, 9.17) is 4.74 Å². The molecule has 1 unspecified atom stereocenters. The van der Waals surface area contributed by atoms with E-state index in [1.807, 2.05) is 6.26 Å². The highest BCUT2D eigenvalue weighted by molar-refractivity contribution is 5.78. The summed E-state index contributed by atoms with van der Waals surface area (Å²) in [6.45, 7) is 0.871. The highest BCUT2D eigenvalue weighted by atomic mass is 16.5. The molecule has 21 heavy (non-hydrogen) atoms. The van der Waals surface area contributed by atoms with Crippen LogP contribution in [0.1, 0.15) is 24.0 Å². The van der Waals surface area contributed by atoms with Gasteiger partial charge in [-0.3, -0.25) is 0 Å². The number of hydrogen-bond acceptors (Lipinski definition) is 2. The molecule has 1 heterocycles. The van der Waals surface area contributed by atoms with Crippen LogP contribution in [0.2, 0.25) is 0 Å². The molecule has 0 saturated heterocycles. The number of anilines is 1. The summed E-state index contributed by atoms with van der Waals surface area (Å²) in [5.74, 6) is 0. The lowest BCUT2D eigenvalue weighted by Gasteiger charge is -2.20. The first kappa shape index (κ1) is 12.5. The van der Waals surface area contributed by atoms with Gasteiger partial charge in [-0.15, -0.1) is 0 Å². The first-order valence-corrected chi connectivity index (χ1v) is 7.66. The summed E-state index contributed by atoms with van der Waals surface area (Å²) in [7, 11) is 0. The van der Waals surface area contributed by atoms with Crippen molar-refractivity contribution in [3.63, 3.8) is 0 Å². The summed E-state index contributed by atoms with van der Waals surface area (Å²) in [5.41, 5.74) is 6.82. The van der Waals surface area contributed by atoms with Crippen molar-refractivity contribution in [3.05, 3.63) is 65.9 Å². The lowest BCUT2D eigenvalue weighted by atomic mass is 10.1. The number of ether oxygens (including phenoxy) is 1. The molecule has 0 fully saturated rings. The Morgan fingerprint density at radius 3 is 2.86 bits per heavy atom. The molecule has 2 aromatic carbocycles. The van der Waals surface area contributed by atoms with Gasteiger partial charge in [0.25, 0.3) is 0 Å². The van der Waals surface area contributed by atoms with Gasteiger partial charge >= 0.3 is 0 Å². The Labute approximate surface area is 125 Å². The van der Waals surface area contributed by atoms with Gasteiger partial charge in [-0.05, 0) is 59.7 Å². The summed E-state index contributed by atoms with van der Waals surface area (Å²) in [6, 6.07) is 15.4. The standard InChI is InChI=1S/C19H19NO/c1-2-7-18-14(5-1)11-15-12-16(8-9-19(15)18)20-13-17-6-3-4-10-21-17/h1-2,4-5,7-10,12,17,20H,3,6,11,13H2. The minimum absolute atomic E-state index is 0.292. The van der Waals surface area contributed by atoms with E-state index in [0.29, 0.717) is 6.10 Å². The second kappa shape index (κ2) is 5.28. The molecular formula is C19H19NO. The quantitative estimate of drug-likeness (QED) is 0.768. The van der Waals surface area contributed by atoms with E-state index in [0.717, 1.165) is 25.8 Å². The minimum atomic E-state index is 0.292. The van der Waals surface area contributed by atoms with E-state index in [2.05, 4.69) is 53.9 Å². The Morgan fingerprint density at radius 2 is 1.95 bits per heavy atom. The van der Waals surface area contributed by atoms with Crippen molar-refractivity contribution in [2.75, 3.05) is 11.9 Å². The average Bonchev–Trinajstić information content (AvgIpc) is 2.91. The van der Waals surface area contributed by atoms with Crippen LogP contribution in [0.4, 0.5) is 5.69 Å². The third-order valence-electron chi connectivity index (χ3n) is 4.35. The summed E-state index contributed by atoms with van der Waals surface area (Å²) < 4.78 is 5.60. The minimum Gasteiger partial charge on any atom is -0.497 e. The molecule has 2 aromatic rings. The fourth-order valence-electron chi connectivity index (χ4n) is 3.22. The summed E-state index contributed by atoms with van der Waals surface area (Å²) in [6.07, 6.45) is 7.47. The zero-order valence-electron chi connectivity index (χ0n) is 12.0. The molecule has 0 amide bonds. The molecule has 0 bridgehead atoms. The van der Waals surface area contributed by atoms with Crippen LogP contribution in [0.25, 0.3) is 11.1 Å². The van der Waals surface area contributed by atoms with Crippen LogP contribution in [0.3, 0.4) is 0 Å². The van der Waals surface area contributed by atoms with Crippen molar-refractivity contribution in [2.45, 2.75) is 25.4 Å². The lowest BCUT2D eigenvalue weighted by molar-refractivity contribution is 0.135. The number of fused-ring (bicyclic) bond motifs is 3. The zero-order valence-corrected chi connectivity index (χ0v) is 12.0. The molecule has 2 heteroatoms. The topological polar surface area (TPSA) is 21.3 Å². The van der Waals surface area contributed by atoms with E-state index < -0.39 is 0 Å². The van der Waals surface area contributed by atoms with Crippen molar-refractivity contribution >= 4 is 5.69 Å². The molecule has 106 valence electrons. The van der Waals surface area contributed by atoms with Crippen molar-refractivity contribution in [1.82, 2.24) is 0 Å². The molecule has 0 saturated carbocycles. The third kappa shape index (κ3) is 2.42. The van der Waals surface area contributed by atoms with Crippen molar-refractivity contribution in [3.8, 4) is 11.1 Å². The normalized spacial score (nSPS) is 18.8. The van der Waals surface area contributed by atoms with E-state index in [9.17, 15) is 0 Å².